The Hall–Kier alpha value is -2.50. The average molecular weight is 350 g/mol. The van der Waals surface area contributed by atoms with E-state index >= 15 is 0 Å². The molecule has 2 heterocycles. The highest BCUT2D eigenvalue weighted by Crippen LogP contribution is 2.34. The number of carbonyl (C=O) groups excluding carboxylic acids is 1. The Morgan fingerprint density at radius 2 is 1.75 bits per heavy atom. The molecule has 24 heavy (non-hydrogen) atoms. The molecule has 0 fully saturated rings. The molecule has 0 saturated heterocycles. The minimum Gasteiger partial charge on any atom is -0.321 e. The summed E-state index contributed by atoms with van der Waals surface area (Å²) in [5.74, 6) is -0.0818. The predicted molar refractivity (Wildman–Crippen MR) is 102 cm³/mol. The molecule has 118 valence electrons. The van der Waals surface area contributed by atoms with Gasteiger partial charge in [-0.1, -0.05) is 24.3 Å². The van der Waals surface area contributed by atoms with Crippen molar-refractivity contribution in [2.24, 2.45) is 0 Å². The maximum Gasteiger partial charge on any atom is 0.265 e. The van der Waals surface area contributed by atoms with Crippen LogP contribution in [0.5, 0.6) is 0 Å². The smallest absolute Gasteiger partial charge is 0.265 e. The quantitative estimate of drug-likeness (QED) is 0.523. The fourth-order valence-corrected chi connectivity index (χ4v) is 4.27. The van der Waals surface area contributed by atoms with Crippen LogP contribution < -0.4 is 5.32 Å². The van der Waals surface area contributed by atoms with Crippen LogP contribution in [0.1, 0.15) is 14.5 Å². The first kappa shape index (κ1) is 15.1. The topological polar surface area (TPSA) is 42.0 Å². The monoisotopic (exact) mass is 350 g/mol. The van der Waals surface area contributed by atoms with E-state index in [4.69, 9.17) is 4.98 Å². The van der Waals surface area contributed by atoms with Crippen LogP contribution in [-0.4, -0.2) is 10.9 Å². The van der Waals surface area contributed by atoms with Gasteiger partial charge in [0.1, 0.15) is 5.01 Å². The average Bonchev–Trinajstić information content (AvgIpc) is 3.21. The number of amides is 1. The van der Waals surface area contributed by atoms with Crippen molar-refractivity contribution in [3.8, 4) is 10.6 Å². The number of hydrogen-bond acceptors (Lipinski definition) is 4. The van der Waals surface area contributed by atoms with E-state index in [1.54, 1.807) is 11.3 Å². The lowest BCUT2D eigenvalue weighted by Gasteiger charge is -2.08. The number of aryl methyl sites for hydroxylation is 1. The van der Waals surface area contributed by atoms with Crippen LogP contribution >= 0.6 is 22.7 Å². The van der Waals surface area contributed by atoms with Crippen LogP contribution in [0.25, 0.3) is 20.8 Å². The highest BCUT2D eigenvalue weighted by Gasteiger charge is 2.14. The molecule has 0 aliphatic heterocycles. The molecule has 0 atom stereocenters. The van der Waals surface area contributed by atoms with Gasteiger partial charge in [-0.3, -0.25) is 4.79 Å². The third kappa shape index (κ3) is 2.84. The van der Waals surface area contributed by atoms with E-state index < -0.39 is 0 Å². The van der Waals surface area contributed by atoms with E-state index in [9.17, 15) is 4.79 Å². The van der Waals surface area contributed by atoms with E-state index in [1.165, 1.54) is 11.3 Å². The summed E-state index contributed by atoms with van der Waals surface area (Å²) in [7, 11) is 0. The molecule has 1 N–H and O–H groups in total. The Balaban J connectivity index is 1.71. The summed E-state index contributed by atoms with van der Waals surface area (Å²) in [6.45, 7) is 2.00. The first-order chi connectivity index (χ1) is 11.7. The summed E-state index contributed by atoms with van der Waals surface area (Å²) >= 11 is 3.13. The van der Waals surface area contributed by atoms with Crippen molar-refractivity contribution in [1.82, 2.24) is 4.98 Å². The summed E-state index contributed by atoms with van der Waals surface area (Å²) in [5, 5.41) is 3.93. The highest BCUT2D eigenvalue weighted by molar-refractivity contribution is 7.21. The van der Waals surface area contributed by atoms with Crippen LogP contribution in [0.15, 0.2) is 60.7 Å². The number of aromatic nitrogens is 1. The lowest BCUT2D eigenvalue weighted by Crippen LogP contribution is -2.10. The van der Waals surface area contributed by atoms with Crippen molar-refractivity contribution in [2.75, 3.05) is 5.32 Å². The number of hydrogen-bond donors (Lipinski definition) is 1. The zero-order valence-electron chi connectivity index (χ0n) is 12.9. The molecule has 5 heteroatoms. The Morgan fingerprint density at radius 3 is 2.54 bits per heavy atom. The third-order valence-electron chi connectivity index (χ3n) is 3.66. The van der Waals surface area contributed by atoms with Crippen molar-refractivity contribution in [1.29, 1.82) is 0 Å². The lowest BCUT2D eigenvalue weighted by atomic mass is 10.2. The first-order valence-corrected chi connectivity index (χ1v) is 9.17. The Morgan fingerprint density at radius 1 is 0.958 bits per heavy atom. The number of para-hydroxylation sites is 2. The van der Waals surface area contributed by atoms with Gasteiger partial charge >= 0.3 is 0 Å². The number of rotatable bonds is 3. The summed E-state index contributed by atoms with van der Waals surface area (Å²) in [6, 6.07) is 19.7. The number of carbonyl (C=O) groups is 1. The Bertz CT molecular complexity index is 999. The van der Waals surface area contributed by atoms with Gasteiger partial charge in [0.15, 0.2) is 0 Å². The molecule has 0 bridgehead atoms. The molecule has 0 unspecified atom stereocenters. The standard InChI is InChI=1S/C19H14N2OS2/c1-12-10-11-17(23-12)18(22)20-14-7-3-2-6-13(14)19-21-15-8-4-5-9-16(15)24-19/h2-11H,1H3,(H,20,22). The number of thiophene rings is 1. The number of nitrogens with one attached hydrogen (secondary N) is 1. The first-order valence-electron chi connectivity index (χ1n) is 7.53. The third-order valence-corrected chi connectivity index (χ3v) is 5.73. The zero-order valence-corrected chi connectivity index (χ0v) is 14.6. The number of benzene rings is 2. The summed E-state index contributed by atoms with van der Waals surface area (Å²) in [6.07, 6.45) is 0. The molecule has 0 spiro atoms. The van der Waals surface area contributed by atoms with E-state index in [2.05, 4.69) is 11.4 Å². The predicted octanol–water partition coefficient (Wildman–Crippen LogP) is 5.59. The molecular formula is C19H14N2OS2. The molecule has 2 aromatic carbocycles. The van der Waals surface area contributed by atoms with E-state index in [1.807, 2.05) is 61.5 Å². The SMILES string of the molecule is Cc1ccc(C(=O)Nc2ccccc2-c2nc3ccccc3s2)s1. The highest BCUT2D eigenvalue weighted by atomic mass is 32.1. The van der Waals surface area contributed by atoms with Gasteiger partial charge in [0.25, 0.3) is 5.91 Å². The number of nitrogens with zero attached hydrogens (tertiary/aromatic N) is 1. The number of anilines is 1. The van der Waals surface area contributed by atoms with Crippen LogP contribution in [-0.2, 0) is 0 Å². The molecule has 4 aromatic rings. The maximum absolute atomic E-state index is 12.5. The van der Waals surface area contributed by atoms with E-state index in [0.717, 1.165) is 31.4 Å². The molecule has 4 rings (SSSR count). The van der Waals surface area contributed by atoms with Gasteiger partial charge in [0, 0.05) is 10.4 Å². The second-order valence-electron chi connectivity index (χ2n) is 5.40. The Labute approximate surface area is 147 Å². The molecule has 1 amide bonds. The normalized spacial score (nSPS) is 10.9. The molecule has 3 nitrogen and oxygen atoms in total. The van der Waals surface area contributed by atoms with Gasteiger partial charge in [-0.2, -0.15) is 0 Å². The van der Waals surface area contributed by atoms with Crippen molar-refractivity contribution in [2.45, 2.75) is 6.92 Å². The van der Waals surface area contributed by atoms with Gasteiger partial charge in [0.05, 0.1) is 20.8 Å². The maximum atomic E-state index is 12.5. The molecule has 0 radical (unpaired) electrons. The van der Waals surface area contributed by atoms with E-state index in [-0.39, 0.29) is 5.91 Å². The minimum absolute atomic E-state index is 0.0818. The minimum atomic E-state index is -0.0818. The Kier molecular flexibility index (Phi) is 3.88. The van der Waals surface area contributed by atoms with Crippen molar-refractivity contribution in [3.63, 3.8) is 0 Å². The summed E-state index contributed by atoms with van der Waals surface area (Å²) in [4.78, 5) is 19.0. The van der Waals surface area contributed by atoms with Crippen molar-refractivity contribution < 1.29 is 4.79 Å². The van der Waals surface area contributed by atoms with Gasteiger partial charge in [0.2, 0.25) is 0 Å². The van der Waals surface area contributed by atoms with Gasteiger partial charge in [-0.05, 0) is 43.3 Å². The summed E-state index contributed by atoms with van der Waals surface area (Å²) in [5.41, 5.74) is 2.71. The molecule has 0 aliphatic rings. The summed E-state index contributed by atoms with van der Waals surface area (Å²) < 4.78 is 1.14. The van der Waals surface area contributed by atoms with Gasteiger partial charge in [-0.25, -0.2) is 4.98 Å². The van der Waals surface area contributed by atoms with Crippen LogP contribution in [0.3, 0.4) is 0 Å². The second kappa shape index (κ2) is 6.19. The zero-order chi connectivity index (χ0) is 16.5. The van der Waals surface area contributed by atoms with E-state index in [0.29, 0.717) is 4.88 Å². The fourth-order valence-electron chi connectivity index (χ4n) is 2.51. The largest absolute Gasteiger partial charge is 0.321 e. The van der Waals surface area contributed by atoms with Gasteiger partial charge in [-0.15, -0.1) is 22.7 Å². The number of fused-ring (bicyclic) bond motifs is 1. The molecule has 0 aliphatic carbocycles. The molecule has 2 aromatic heterocycles. The van der Waals surface area contributed by atoms with Crippen LogP contribution in [0, 0.1) is 6.92 Å². The second-order valence-corrected chi connectivity index (χ2v) is 7.72. The molecule has 0 saturated carbocycles. The fraction of sp³-hybridized carbons (Fsp3) is 0.0526. The van der Waals surface area contributed by atoms with Crippen LogP contribution in [0.2, 0.25) is 0 Å². The van der Waals surface area contributed by atoms with Crippen molar-refractivity contribution in [3.05, 3.63) is 70.4 Å². The van der Waals surface area contributed by atoms with Crippen LogP contribution in [0.4, 0.5) is 5.69 Å². The molecular weight excluding hydrogens is 336 g/mol. The van der Waals surface area contributed by atoms with Crippen molar-refractivity contribution >= 4 is 44.5 Å². The van der Waals surface area contributed by atoms with Gasteiger partial charge < -0.3 is 5.32 Å². The lowest BCUT2D eigenvalue weighted by molar-refractivity contribution is 0.103. The number of thiazole rings is 1.